The van der Waals surface area contributed by atoms with Gasteiger partial charge in [0.25, 0.3) is 5.92 Å². The maximum atomic E-state index is 13.2. The fraction of sp³-hybridized carbons (Fsp3) is 0.207. The van der Waals surface area contributed by atoms with Gasteiger partial charge in [-0.05, 0) is 48.4 Å². The number of aryl methyl sites for hydroxylation is 1. The molecule has 1 amide bonds. The Balaban J connectivity index is 1.18. The summed E-state index contributed by atoms with van der Waals surface area (Å²) in [6.45, 7) is 2.64. The number of methoxy groups -OCH3 is 1. The van der Waals surface area contributed by atoms with E-state index < -0.39 is 24.2 Å². The lowest BCUT2D eigenvalue weighted by molar-refractivity contribution is -0.119. The lowest BCUT2D eigenvalue weighted by Crippen LogP contribution is -2.18. The normalized spacial score (nSPS) is 15.7. The predicted octanol–water partition coefficient (Wildman–Crippen LogP) is 5.51. The summed E-state index contributed by atoms with van der Waals surface area (Å²) < 4.78 is 33.4. The summed E-state index contributed by atoms with van der Waals surface area (Å²) in [4.78, 5) is 25.3. The molecule has 0 bridgehead atoms. The van der Waals surface area contributed by atoms with Crippen molar-refractivity contribution >= 4 is 22.6 Å². The van der Waals surface area contributed by atoms with Crippen LogP contribution in [-0.4, -0.2) is 43.7 Å². The number of aromatic nitrogens is 5. The molecule has 0 unspecified atom stereocenters. The van der Waals surface area contributed by atoms with Crippen LogP contribution in [0.15, 0.2) is 73.3 Å². The number of carbonyl (C=O) groups is 1. The van der Waals surface area contributed by atoms with E-state index in [1.807, 2.05) is 60.3 Å². The van der Waals surface area contributed by atoms with Gasteiger partial charge in [0.05, 0.1) is 24.9 Å². The molecule has 1 aliphatic rings. The van der Waals surface area contributed by atoms with Gasteiger partial charge in [0.1, 0.15) is 23.2 Å². The summed E-state index contributed by atoms with van der Waals surface area (Å²) in [5.74, 6) is -3.92. The van der Waals surface area contributed by atoms with E-state index in [1.54, 1.807) is 31.8 Å². The molecule has 5 aromatic rings. The van der Waals surface area contributed by atoms with E-state index in [4.69, 9.17) is 4.74 Å². The van der Waals surface area contributed by atoms with E-state index in [-0.39, 0.29) is 5.82 Å². The highest BCUT2D eigenvalue weighted by Crippen LogP contribution is 2.49. The van der Waals surface area contributed by atoms with Crippen LogP contribution in [0.5, 0.6) is 5.75 Å². The molecule has 6 rings (SSSR count). The van der Waals surface area contributed by atoms with E-state index in [9.17, 15) is 13.6 Å². The van der Waals surface area contributed by atoms with Crippen molar-refractivity contribution < 1.29 is 18.3 Å². The standard InChI is InChI=1S/C29H24F2N6O2/c1-17-9-26(24-7-8-37(36-24)16-18-3-5-21(39-2)6-4-18)33-15-22(17)19-10-20-14-34-27(11-25(20)32-13-19)35-28(38)23-12-29(23,30)31/h3-11,13-15,23H,12,16H2,1-2H3,(H,34,35,38)/t23-/m1/s1. The molecule has 10 heteroatoms. The third-order valence-electron chi connectivity index (χ3n) is 6.79. The topological polar surface area (TPSA) is 94.8 Å². The molecule has 1 fully saturated rings. The number of hydrogen-bond acceptors (Lipinski definition) is 6. The summed E-state index contributed by atoms with van der Waals surface area (Å²) in [7, 11) is 1.64. The van der Waals surface area contributed by atoms with Crippen LogP contribution in [0.2, 0.25) is 0 Å². The maximum Gasteiger partial charge on any atom is 0.260 e. The van der Waals surface area contributed by atoms with Gasteiger partial charge in [-0.2, -0.15) is 5.10 Å². The predicted molar refractivity (Wildman–Crippen MR) is 143 cm³/mol. The second kappa shape index (κ2) is 9.54. The molecule has 4 heterocycles. The molecule has 196 valence electrons. The van der Waals surface area contributed by atoms with E-state index in [1.165, 1.54) is 0 Å². The van der Waals surface area contributed by atoms with Gasteiger partial charge in [0.15, 0.2) is 0 Å². The van der Waals surface area contributed by atoms with E-state index in [2.05, 4.69) is 25.4 Å². The Morgan fingerprint density at radius 3 is 2.56 bits per heavy atom. The van der Waals surface area contributed by atoms with Crippen molar-refractivity contribution in [3.63, 3.8) is 0 Å². The fourth-order valence-corrected chi connectivity index (χ4v) is 4.45. The Kier molecular flexibility index (Phi) is 6.02. The first-order valence-corrected chi connectivity index (χ1v) is 12.4. The van der Waals surface area contributed by atoms with Crippen molar-refractivity contribution in [2.75, 3.05) is 12.4 Å². The summed E-state index contributed by atoms with van der Waals surface area (Å²) in [5.41, 5.74) is 6.03. The Morgan fingerprint density at radius 1 is 1.05 bits per heavy atom. The maximum absolute atomic E-state index is 13.2. The number of carbonyl (C=O) groups excluding carboxylic acids is 1. The zero-order valence-corrected chi connectivity index (χ0v) is 21.2. The number of amides is 1. The van der Waals surface area contributed by atoms with Crippen molar-refractivity contribution in [2.24, 2.45) is 5.92 Å². The summed E-state index contributed by atoms with van der Waals surface area (Å²) in [6, 6.07) is 15.3. The molecule has 1 aliphatic carbocycles. The number of nitrogens with one attached hydrogen (secondary N) is 1. The second-order valence-electron chi connectivity index (χ2n) is 9.62. The van der Waals surface area contributed by atoms with Crippen LogP contribution in [-0.2, 0) is 11.3 Å². The number of anilines is 1. The highest BCUT2D eigenvalue weighted by atomic mass is 19.3. The molecule has 1 atom stereocenters. The first-order valence-electron chi connectivity index (χ1n) is 12.4. The van der Waals surface area contributed by atoms with Gasteiger partial charge in [-0.15, -0.1) is 0 Å². The monoisotopic (exact) mass is 526 g/mol. The lowest BCUT2D eigenvalue weighted by atomic mass is 10.0. The largest absolute Gasteiger partial charge is 0.497 e. The third kappa shape index (κ3) is 5.05. The van der Waals surface area contributed by atoms with Crippen molar-refractivity contribution in [1.82, 2.24) is 24.7 Å². The average molecular weight is 527 g/mol. The Labute approximate surface area is 222 Å². The van der Waals surface area contributed by atoms with Crippen LogP contribution in [0.3, 0.4) is 0 Å². The van der Waals surface area contributed by atoms with E-state index in [0.717, 1.165) is 44.8 Å². The van der Waals surface area contributed by atoms with Crippen LogP contribution in [0.1, 0.15) is 17.5 Å². The number of fused-ring (bicyclic) bond motifs is 1. The minimum Gasteiger partial charge on any atom is -0.497 e. The van der Waals surface area contributed by atoms with Crippen molar-refractivity contribution in [2.45, 2.75) is 25.8 Å². The second-order valence-corrected chi connectivity index (χ2v) is 9.62. The van der Waals surface area contributed by atoms with Gasteiger partial charge in [-0.1, -0.05) is 12.1 Å². The first-order chi connectivity index (χ1) is 18.8. The lowest BCUT2D eigenvalue weighted by Gasteiger charge is -2.09. The highest BCUT2D eigenvalue weighted by molar-refractivity contribution is 5.96. The SMILES string of the molecule is COc1ccc(Cn2ccc(-c3cc(C)c(-c4cnc5cc(NC(=O)[C@H]6CC6(F)F)ncc5c4)cn3)n2)cc1. The number of halogens is 2. The van der Waals surface area contributed by atoms with Gasteiger partial charge in [0, 0.05) is 53.8 Å². The number of pyridine rings is 3. The zero-order valence-electron chi connectivity index (χ0n) is 21.2. The molecule has 39 heavy (non-hydrogen) atoms. The molecule has 1 saturated carbocycles. The molecule has 0 spiro atoms. The van der Waals surface area contributed by atoms with E-state index in [0.29, 0.717) is 12.1 Å². The minimum absolute atomic E-state index is 0.198. The van der Waals surface area contributed by atoms with Crippen molar-refractivity contribution in [3.8, 4) is 28.3 Å². The Morgan fingerprint density at radius 2 is 1.85 bits per heavy atom. The summed E-state index contributed by atoms with van der Waals surface area (Å²) in [6.07, 6.45) is 6.59. The number of rotatable bonds is 7. The van der Waals surface area contributed by atoms with Crippen molar-refractivity contribution in [1.29, 1.82) is 0 Å². The molecule has 1 aromatic carbocycles. The Bertz CT molecular complexity index is 1700. The fourth-order valence-electron chi connectivity index (χ4n) is 4.45. The molecular formula is C29H24F2N6O2. The van der Waals surface area contributed by atoms with Gasteiger partial charge in [-0.25, -0.2) is 13.8 Å². The number of alkyl halides is 2. The first kappa shape index (κ1) is 24.6. The van der Waals surface area contributed by atoms with Crippen LogP contribution in [0.4, 0.5) is 14.6 Å². The van der Waals surface area contributed by atoms with Crippen LogP contribution < -0.4 is 10.1 Å². The van der Waals surface area contributed by atoms with E-state index >= 15 is 0 Å². The van der Waals surface area contributed by atoms with Gasteiger partial charge < -0.3 is 10.1 Å². The van der Waals surface area contributed by atoms with Gasteiger partial charge >= 0.3 is 0 Å². The molecule has 4 aromatic heterocycles. The van der Waals surface area contributed by atoms with Crippen LogP contribution in [0, 0.1) is 12.8 Å². The molecule has 1 N–H and O–H groups in total. The average Bonchev–Trinajstić information content (AvgIpc) is 3.34. The van der Waals surface area contributed by atoms with Gasteiger partial charge in [0.2, 0.25) is 5.91 Å². The summed E-state index contributed by atoms with van der Waals surface area (Å²) in [5, 5.41) is 7.89. The number of hydrogen-bond donors (Lipinski definition) is 1. The van der Waals surface area contributed by atoms with Crippen LogP contribution >= 0.6 is 0 Å². The number of nitrogens with zero attached hydrogens (tertiary/aromatic N) is 5. The van der Waals surface area contributed by atoms with Crippen LogP contribution in [0.25, 0.3) is 33.4 Å². The molecular weight excluding hydrogens is 502 g/mol. The van der Waals surface area contributed by atoms with Crippen molar-refractivity contribution in [3.05, 3.63) is 84.4 Å². The summed E-state index contributed by atoms with van der Waals surface area (Å²) >= 11 is 0. The molecule has 0 radical (unpaired) electrons. The smallest absolute Gasteiger partial charge is 0.260 e. The zero-order chi connectivity index (χ0) is 27.1. The number of ether oxygens (including phenoxy) is 1. The quantitative estimate of drug-likeness (QED) is 0.300. The molecule has 0 saturated heterocycles. The molecule has 0 aliphatic heterocycles. The van der Waals surface area contributed by atoms with Gasteiger partial charge in [-0.3, -0.25) is 19.4 Å². The Hall–Kier alpha value is -4.73. The third-order valence-corrected chi connectivity index (χ3v) is 6.79. The minimum atomic E-state index is -2.92. The highest BCUT2D eigenvalue weighted by Gasteiger charge is 2.61. The molecule has 8 nitrogen and oxygen atoms in total. The number of benzene rings is 1.